The minimum Gasteiger partial charge on any atom is -0.391 e. The molecule has 4 nitrogen and oxygen atoms in total. The molecule has 0 spiro atoms. The molecule has 0 aliphatic rings. The Morgan fingerprint density at radius 3 is 2.41 bits per heavy atom. The van der Waals surface area contributed by atoms with Crippen LogP contribution in [0.4, 0.5) is 0 Å². The van der Waals surface area contributed by atoms with Crippen LogP contribution in [-0.2, 0) is 7.05 Å². The maximum Gasteiger partial charge on any atom is 0.0696 e. The zero-order chi connectivity index (χ0) is 13.2. The van der Waals surface area contributed by atoms with Crippen molar-refractivity contribution >= 4 is 0 Å². The lowest BCUT2D eigenvalue weighted by Gasteiger charge is -2.21. The molecule has 4 heteroatoms. The first-order valence-electron chi connectivity index (χ1n) is 6.32. The van der Waals surface area contributed by atoms with E-state index in [1.54, 1.807) is 0 Å². The van der Waals surface area contributed by atoms with Crippen LogP contribution in [0.15, 0.2) is 0 Å². The lowest BCUT2D eigenvalue weighted by atomic mass is 9.90. The third-order valence-corrected chi connectivity index (χ3v) is 3.62. The van der Waals surface area contributed by atoms with Crippen molar-refractivity contribution in [1.29, 1.82) is 0 Å². The van der Waals surface area contributed by atoms with Crippen LogP contribution in [0.2, 0.25) is 0 Å². The van der Waals surface area contributed by atoms with E-state index >= 15 is 0 Å². The molecule has 0 saturated heterocycles. The number of aliphatic hydroxyl groups is 1. The summed E-state index contributed by atoms with van der Waals surface area (Å²) in [7, 11) is 1.95. The molecule has 0 aliphatic carbocycles. The second kappa shape index (κ2) is 5.65. The molecule has 98 valence electrons. The Kier molecular flexibility index (Phi) is 4.71. The number of aromatic nitrogens is 2. The van der Waals surface area contributed by atoms with Gasteiger partial charge in [0.05, 0.1) is 11.8 Å². The number of aliphatic hydroxyl groups excluding tert-OH is 1. The van der Waals surface area contributed by atoms with Crippen LogP contribution >= 0.6 is 0 Å². The Labute approximate surface area is 104 Å². The van der Waals surface area contributed by atoms with Crippen LogP contribution in [0.3, 0.4) is 0 Å². The van der Waals surface area contributed by atoms with Gasteiger partial charge in [-0.2, -0.15) is 5.10 Å². The molecule has 1 aromatic heterocycles. The molecule has 0 fully saturated rings. The third-order valence-electron chi connectivity index (χ3n) is 3.62. The average Bonchev–Trinajstić information content (AvgIpc) is 2.51. The Bertz CT molecular complexity index is 373. The van der Waals surface area contributed by atoms with Gasteiger partial charge in [0.25, 0.3) is 0 Å². The Morgan fingerprint density at radius 2 is 2.00 bits per heavy atom. The molecule has 1 rings (SSSR count). The fourth-order valence-corrected chi connectivity index (χ4v) is 2.43. The molecule has 0 aromatic carbocycles. The highest BCUT2D eigenvalue weighted by Gasteiger charge is 2.21. The smallest absolute Gasteiger partial charge is 0.0696 e. The quantitative estimate of drug-likeness (QED) is 0.821. The van der Waals surface area contributed by atoms with Crippen LogP contribution in [0.25, 0.3) is 0 Å². The SMILES string of the molecule is CCC(N)C(O)CC(C)c1c(C)nn(C)c1C. The number of hydrogen-bond donors (Lipinski definition) is 2. The molecule has 0 amide bonds. The number of hydrogen-bond acceptors (Lipinski definition) is 3. The third kappa shape index (κ3) is 3.07. The van der Waals surface area contributed by atoms with Crippen molar-refractivity contribution in [3.05, 3.63) is 17.0 Å². The first kappa shape index (κ1) is 14.2. The van der Waals surface area contributed by atoms with Gasteiger partial charge in [-0.05, 0) is 38.2 Å². The number of nitrogens with zero attached hydrogens (tertiary/aromatic N) is 2. The number of nitrogens with two attached hydrogens (primary N) is 1. The van der Waals surface area contributed by atoms with Crippen LogP contribution < -0.4 is 5.73 Å². The van der Waals surface area contributed by atoms with Crippen molar-refractivity contribution in [3.63, 3.8) is 0 Å². The molecule has 1 heterocycles. The first-order valence-corrected chi connectivity index (χ1v) is 6.32. The zero-order valence-electron chi connectivity index (χ0n) is 11.6. The van der Waals surface area contributed by atoms with E-state index in [4.69, 9.17) is 5.73 Å². The maximum absolute atomic E-state index is 9.99. The van der Waals surface area contributed by atoms with E-state index in [0.29, 0.717) is 6.42 Å². The summed E-state index contributed by atoms with van der Waals surface area (Å²) in [6.07, 6.45) is 1.07. The lowest BCUT2D eigenvalue weighted by Crippen LogP contribution is -2.34. The van der Waals surface area contributed by atoms with Gasteiger partial charge in [0, 0.05) is 18.8 Å². The number of rotatable bonds is 5. The lowest BCUT2D eigenvalue weighted by molar-refractivity contribution is 0.126. The molecule has 3 atom stereocenters. The summed E-state index contributed by atoms with van der Waals surface area (Å²) in [6.45, 7) is 8.21. The van der Waals surface area contributed by atoms with Gasteiger partial charge in [-0.3, -0.25) is 4.68 Å². The second-order valence-corrected chi connectivity index (χ2v) is 4.98. The molecule has 0 aliphatic heterocycles. The molecular formula is C13H25N3O. The zero-order valence-corrected chi connectivity index (χ0v) is 11.6. The Balaban J connectivity index is 2.79. The van der Waals surface area contributed by atoms with Gasteiger partial charge in [-0.1, -0.05) is 13.8 Å². The summed E-state index contributed by atoms with van der Waals surface area (Å²) in [4.78, 5) is 0. The summed E-state index contributed by atoms with van der Waals surface area (Å²) < 4.78 is 1.90. The summed E-state index contributed by atoms with van der Waals surface area (Å²) in [6, 6.07) is -0.130. The minimum absolute atomic E-state index is 0.130. The minimum atomic E-state index is -0.436. The summed E-state index contributed by atoms with van der Waals surface area (Å²) >= 11 is 0. The average molecular weight is 239 g/mol. The molecule has 0 saturated carbocycles. The van der Waals surface area contributed by atoms with Gasteiger partial charge < -0.3 is 10.8 Å². The fraction of sp³-hybridized carbons (Fsp3) is 0.769. The normalized spacial score (nSPS) is 16.9. The van der Waals surface area contributed by atoms with E-state index < -0.39 is 6.10 Å². The van der Waals surface area contributed by atoms with Gasteiger partial charge in [-0.15, -0.1) is 0 Å². The monoisotopic (exact) mass is 239 g/mol. The van der Waals surface area contributed by atoms with Crippen LogP contribution in [-0.4, -0.2) is 27.0 Å². The van der Waals surface area contributed by atoms with Crippen LogP contribution in [0.1, 0.15) is 49.6 Å². The van der Waals surface area contributed by atoms with E-state index in [0.717, 1.165) is 12.1 Å². The van der Waals surface area contributed by atoms with Crippen molar-refractivity contribution in [2.24, 2.45) is 12.8 Å². The van der Waals surface area contributed by atoms with Crippen LogP contribution in [0, 0.1) is 13.8 Å². The summed E-state index contributed by atoms with van der Waals surface area (Å²) in [5, 5.41) is 14.4. The molecule has 1 aromatic rings. The Morgan fingerprint density at radius 1 is 1.41 bits per heavy atom. The van der Waals surface area contributed by atoms with Crippen LogP contribution in [0.5, 0.6) is 0 Å². The molecule has 0 bridgehead atoms. The highest BCUT2D eigenvalue weighted by atomic mass is 16.3. The van der Waals surface area contributed by atoms with E-state index in [-0.39, 0.29) is 12.0 Å². The predicted molar refractivity (Wildman–Crippen MR) is 70.0 cm³/mol. The molecule has 17 heavy (non-hydrogen) atoms. The molecule has 3 unspecified atom stereocenters. The van der Waals surface area contributed by atoms with E-state index in [9.17, 15) is 5.11 Å². The van der Waals surface area contributed by atoms with Crippen molar-refractivity contribution in [2.45, 2.75) is 58.6 Å². The molecule has 3 N–H and O–H groups in total. The van der Waals surface area contributed by atoms with Gasteiger partial charge in [0.1, 0.15) is 0 Å². The number of aryl methyl sites for hydroxylation is 2. The van der Waals surface area contributed by atoms with E-state index in [1.165, 1.54) is 11.3 Å². The first-order chi connectivity index (χ1) is 7.88. The summed E-state index contributed by atoms with van der Waals surface area (Å²) in [5.74, 6) is 0.288. The van der Waals surface area contributed by atoms with E-state index in [1.807, 2.05) is 25.6 Å². The van der Waals surface area contributed by atoms with Gasteiger partial charge >= 0.3 is 0 Å². The maximum atomic E-state index is 9.99. The largest absolute Gasteiger partial charge is 0.391 e. The predicted octanol–water partition coefficient (Wildman–Crippen LogP) is 1.63. The van der Waals surface area contributed by atoms with Gasteiger partial charge in [0.2, 0.25) is 0 Å². The van der Waals surface area contributed by atoms with Gasteiger partial charge in [0.15, 0.2) is 0 Å². The van der Waals surface area contributed by atoms with Crippen molar-refractivity contribution in [1.82, 2.24) is 9.78 Å². The standard InChI is InChI=1S/C13H25N3O/c1-6-11(14)12(17)7-8(2)13-9(3)15-16(5)10(13)4/h8,11-12,17H,6-7,14H2,1-5H3. The van der Waals surface area contributed by atoms with Crippen molar-refractivity contribution in [3.8, 4) is 0 Å². The van der Waals surface area contributed by atoms with Crippen molar-refractivity contribution < 1.29 is 5.11 Å². The second-order valence-electron chi connectivity index (χ2n) is 4.98. The summed E-state index contributed by atoms with van der Waals surface area (Å²) in [5.41, 5.74) is 9.32. The molecule has 0 radical (unpaired) electrons. The Hall–Kier alpha value is -0.870. The van der Waals surface area contributed by atoms with Crippen molar-refractivity contribution in [2.75, 3.05) is 0 Å². The van der Waals surface area contributed by atoms with E-state index in [2.05, 4.69) is 18.9 Å². The highest BCUT2D eigenvalue weighted by Crippen LogP contribution is 2.27. The highest BCUT2D eigenvalue weighted by molar-refractivity contribution is 5.28. The topological polar surface area (TPSA) is 64.1 Å². The van der Waals surface area contributed by atoms with Gasteiger partial charge in [-0.25, -0.2) is 0 Å². The fourth-order valence-electron chi connectivity index (χ4n) is 2.43. The molecular weight excluding hydrogens is 214 g/mol.